The number of hydrogen-bond donors (Lipinski definition) is 2. The van der Waals surface area contributed by atoms with E-state index in [1.807, 2.05) is 13.8 Å². The summed E-state index contributed by atoms with van der Waals surface area (Å²) in [5.41, 5.74) is -0.739. The fourth-order valence-corrected chi connectivity index (χ4v) is 2.51. The average Bonchev–Trinajstić information content (AvgIpc) is 2.62. The van der Waals surface area contributed by atoms with Crippen LogP contribution in [0.15, 0.2) is 48.8 Å². The van der Waals surface area contributed by atoms with E-state index in [1.165, 1.54) is 6.07 Å². The first-order valence-corrected chi connectivity index (χ1v) is 8.43. The Morgan fingerprint density at radius 3 is 2.46 bits per heavy atom. The predicted molar refractivity (Wildman–Crippen MR) is 98.7 cm³/mol. The number of pyridine rings is 1. The largest absolute Gasteiger partial charge is 0.418 e. The third-order valence-electron chi connectivity index (χ3n) is 3.67. The standard InChI is InChI=1S/C19H17F4N5/c1-11(2)25-18-26-15(12-5-4-8-24-10-12)9-16(28-18)27-17-13(19(21,22)23)6-3-7-14(17)20/h3-11H,1-2H3,(H2,25,26,27,28). The Hall–Kier alpha value is -3.23. The van der Waals surface area contributed by atoms with Gasteiger partial charge in [-0.1, -0.05) is 6.07 Å². The van der Waals surface area contributed by atoms with Crippen molar-refractivity contribution in [2.24, 2.45) is 0 Å². The Morgan fingerprint density at radius 1 is 1.04 bits per heavy atom. The number of anilines is 3. The molecular formula is C19H17F4N5. The van der Waals surface area contributed by atoms with E-state index in [2.05, 4.69) is 25.6 Å². The highest BCUT2D eigenvalue weighted by Crippen LogP contribution is 2.37. The van der Waals surface area contributed by atoms with Gasteiger partial charge in [0.05, 0.1) is 16.9 Å². The molecule has 0 spiro atoms. The van der Waals surface area contributed by atoms with Crippen LogP contribution < -0.4 is 10.6 Å². The summed E-state index contributed by atoms with van der Waals surface area (Å²) < 4.78 is 54.0. The second-order valence-electron chi connectivity index (χ2n) is 6.29. The molecule has 1 aromatic carbocycles. The van der Waals surface area contributed by atoms with Gasteiger partial charge in [-0.05, 0) is 38.1 Å². The molecule has 3 rings (SSSR count). The SMILES string of the molecule is CC(C)Nc1nc(Nc2c(F)cccc2C(F)(F)F)cc(-c2cccnc2)n1. The van der Waals surface area contributed by atoms with Crippen LogP contribution in [0.2, 0.25) is 0 Å². The summed E-state index contributed by atoms with van der Waals surface area (Å²) in [5.74, 6) is -0.814. The van der Waals surface area contributed by atoms with E-state index in [4.69, 9.17) is 0 Å². The van der Waals surface area contributed by atoms with Crippen LogP contribution in [0.3, 0.4) is 0 Å². The molecular weight excluding hydrogens is 374 g/mol. The first kappa shape index (κ1) is 19.5. The highest BCUT2D eigenvalue weighted by atomic mass is 19.4. The van der Waals surface area contributed by atoms with Crippen molar-refractivity contribution in [3.05, 3.63) is 60.2 Å². The topological polar surface area (TPSA) is 62.7 Å². The molecule has 2 N–H and O–H groups in total. The van der Waals surface area contributed by atoms with E-state index in [9.17, 15) is 17.6 Å². The van der Waals surface area contributed by atoms with Gasteiger partial charge < -0.3 is 10.6 Å². The minimum Gasteiger partial charge on any atom is -0.352 e. The third kappa shape index (κ3) is 4.54. The zero-order chi connectivity index (χ0) is 20.3. The monoisotopic (exact) mass is 391 g/mol. The molecule has 0 bridgehead atoms. The van der Waals surface area contributed by atoms with Gasteiger partial charge in [0.1, 0.15) is 11.6 Å². The number of nitrogens with one attached hydrogen (secondary N) is 2. The molecule has 9 heteroatoms. The van der Waals surface area contributed by atoms with Gasteiger partial charge in [-0.2, -0.15) is 18.2 Å². The summed E-state index contributed by atoms with van der Waals surface area (Å²) in [5, 5.41) is 5.47. The molecule has 0 fully saturated rings. The summed E-state index contributed by atoms with van der Waals surface area (Å²) in [6.07, 6.45) is -1.57. The maximum Gasteiger partial charge on any atom is 0.418 e. The van der Waals surface area contributed by atoms with Gasteiger partial charge in [0.25, 0.3) is 0 Å². The first-order chi connectivity index (χ1) is 13.2. The Bertz CT molecular complexity index is 958. The van der Waals surface area contributed by atoms with Crippen LogP contribution in [-0.4, -0.2) is 21.0 Å². The molecule has 2 heterocycles. The molecule has 2 aromatic heterocycles. The molecule has 0 unspecified atom stereocenters. The number of benzene rings is 1. The van der Waals surface area contributed by atoms with Crippen LogP contribution in [0.4, 0.5) is 35.0 Å². The summed E-state index contributed by atoms with van der Waals surface area (Å²) in [6, 6.07) is 7.65. The van der Waals surface area contributed by atoms with Crippen LogP contribution in [0.1, 0.15) is 19.4 Å². The van der Waals surface area contributed by atoms with Crippen molar-refractivity contribution < 1.29 is 17.6 Å². The molecule has 0 saturated carbocycles. The third-order valence-corrected chi connectivity index (χ3v) is 3.67. The van der Waals surface area contributed by atoms with Crippen molar-refractivity contribution in [1.82, 2.24) is 15.0 Å². The Balaban J connectivity index is 2.08. The molecule has 0 aliphatic rings. The Kier molecular flexibility index (Phi) is 5.43. The smallest absolute Gasteiger partial charge is 0.352 e. The lowest BCUT2D eigenvalue weighted by atomic mass is 10.1. The lowest BCUT2D eigenvalue weighted by Gasteiger charge is -2.16. The van der Waals surface area contributed by atoms with E-state index < -0.39 is 23.2 Å². The van der Waals surface area contributed by atoms with Gasteiger partial charge in [-0.15, -0.1) is 0 Å². The van der Waals surface area contributed by atoms with E-state index in [0.717, 1.165) is 18.2 Å². The molecule has 146 valence electrons. The van der Waals surface area contributed by atoms with Crippen LogP contribution in [0, 0.1) is 5.82 Å². The number of rotatable bonds is 5. The van der Waals surface area contributed by atoms with Gasteiger partial charge in [0.2, 0.25) is 5.95 Å². The summed E-state index contributed by atoms with van der Waals surface area (Å²) in [7, 11) is 0. The van der Waals surface area contributed by atoms with Crippen molar-refractivity contribution in [3.8, 4) is 11.3 Å². The summed E-state index contributed by atoms with van der Waals surface area (Å²) >= 11 is 0. The molecule has 0 atom stereocenters. The number of para-hydroxylation sites is 1. The van der Waals surface area contributed by atoms with E-state index in [-0.39, 0.29) is 17.8 Å². The second kappa shape index (κ2) is 7.79. The highest BCUT2D eigenvalue weighted by Gasteiger charge is 2.35. The zero-order valence-electron chi connectivity index (χ0n) is 15.0. The second-order valence-corrected chi connectivity index (χ2v) is 6.29. The van der Waals surface area contributed by atoms with Gasteiger partial charge in [-0.3, -0.25) is 4.98 Å². The first-order valence-electron chi connectivity index (χ1n) is 8.43. The van der Waals surface area contributed by atoms with Gasteiger partial charge in [0.15, 0.2) is 0 Å². The van der Waals surface area contributed by atoms with Crippen molar-refractivity contribution in [2.45, 2.75) is 26.1 Å². The highest BCUT2D eigenvalue weighted by molar-refractivity contribution is 5.68. The van der Waals surface area contributed by atoms with Crippen LogP contribution in [0.25, 0.3) is 11.3 Å². The van der Waals surface area contributed by atoms with E-state index in [1.54, 1.807) is 24.5 Å². The predicted octanol–water partition coefficient (Wildman–Crippen LogP) is 5.26. The van der Waals surface area contributed by atoms with Crippen molar-refractivity contribution in [3.63, 3.8) is 0 Å². The summed E-state index contributed by atoms with van der Waals surface area (Å²) in [4.78, 5) is 12.5. The van der Waals surface area contributed by atoms with Crippen LogP contribution in [-0.2, 0) is 6.18 Å². The quantitative estimate of drug-likeness (QED) is 0.581. The Labute approximate surface area is 158 Å². The van der Waals surface area contributed by atoms with Crippen LogP contribution >= 0.6 is 0 Å². The lowest BCUT2D eigenvalue weighted by Crippen LogP contribution is -2.14. The number of hydrogen-bond acceptors (Lipinski definition) is 5. The van der Waals surface area contributed by atoms with Gasteiger partial charge >= 0.3 is 6.18 Å². The maximum absolute atomic E-state index is 14.2. The molecule has 0 amide bonds. The van der Waals surface area contributed by atoms with Crippen molar-refractivity contribution >= 4 is 17.5 Å². The average molecular weight is 391 g/mol. The molecule has 0 aliphatic carbocycles. The maximum atomic E-state index is 14.2. The van der Waals surface area contributed by atoms with Crippen molar-refractivity contribution in [1.29, 1.82) is 0 Å². The van der Waals surface area contributed by atoms with Crippen LogP contribution in [0.5, 0.6) is 0 Å². The number of alkyl halides is 3. The van der Waals surface area contributed by atoms with Gasteiger partial charge in [0, 0.05) is 30.1 Å². The molecule has 0 aliphatic heterocycles. The number of nitrogens with zero attached hydrogens (tertiary/aromatic N) is 3. The van der Waals surface area contributed by atoms with E-state index >= 15 is 0 Å². The Morgan fingerprint density at radius 2 is 1.82 bits per heavy atom. The fraction of sp³-hybridized carbons (Fsp3) is 0.211. The fourth-order valence-electron chi connectivity index (χ4n) is 2.51. The zero-order valence-corrected chi connectivity index (χ0v) is 15.0. The molecule has 3 aromatic rings. The molecule has 0 radical (unpaired) electrons. The van der Waals surface area contributed by atoms with E-state index in [0.29, 0.717) is 11.3 Å². The normalized spacial score (nSPS) is 11.5. The molecule has 0 saturated heterocycles. The van der Waals surface area contributed by atoms with Crippen molar-refractivity contribution in [2.75, 3.05) is 10.6 Å². The minimum absolute atomic E-state index is 0.0174. The summed E-state index contributed by atoms with van der Waals surface area (Å²) in [6.45, 7) is 3.73. The number of halogens is 4. The lowest BCUT2D eigenvalue weighted by molar-refractivity contribution is -0.137. The molecule has 5 nitrogen and oxygen atoms in total. The van der Waals surface area contributed by atoms with Gasteiger partial charge in [-0.25, -0.2) is 9.37 Å². The minimum atomic E-state index is -4.72. The molecule has 28 heavy (non-hydrogen) atoms. The number of aromatic nitrogens is 3.